The second-order valence-corrected chi connectivity index (χ2v) is 5.31. The van der Waals surface area contributed by atoms with Gasteiger partial charge in [0.1, 0.15) is 0 Å². The minimum Gasteiger partial charge on any atom is -0.303 e. The predicted octanol–water partition coefficient (Wildman–Crippen LogP) is 0.884. The molecule has 7 heteroatoms. The number of carbonyl (C=O) groups excluding carboxylic acids is 2. The Hall–Kier alpha value is -2.28. The normalized spacial score (nSPS) is 17.3. The summed E-state index contributed by atoms with van der Waals surface area (Å²) < 4.78 is 0. The number of thiophene rings is 1. The molecular weight excluding hydrogens is 276 g/mol. The molecule has 2 heterocycles. The van der Waals surface area contributed by atoms with Crippen LogP contribution >= 0.6 is 11.3 Å². The van der Waals surface area contributed by atoms with E-state index in [2.05, 4.69) is 34.9 Å². The molecule has 1 atom stereocenters. The van der Waals surface area contributed by atoms with E-state index in [1.54, 1.807) is 0 Å². The molecule has 1 saturated heterocycles. The zero-order valence-electron chi connectivity index (χ0n) is 10.9. The van der Waals surface area contributed by atoms with Gasteiger partial charge in [0, 0.05) is 12.1 Å². The molecule has 1 unspecified atom stereocenters. The molecule has 0 aromatic carbocycles. The van der Waals surface area contributed by atoms with Gasteiger partial charge in [-0.3, -0.25) is 25.9 Å². The summed E-state index contributed by atoms with van der Waals surface area (Å²) in [5, 5.41) is 1.93. The van der Waals surface area contributed by atoms with Crippen LogP contribution in [-0.2, 0) is 9.59 Å². The highest BCUT2D eigenvalue weighted by atomic mass is 32.1. The Balaban J connectivity index is 1.72. The molecule has 20 heavy (non-hydrogen) atoms. The van der Waals surface area contributed by atoms with E-state index in [4.69, 9.17) is 0 Å². The van der Waals surface area contributed by atoms with E-state index < -0.39 is 0 Å². The summed E-state index contributed by atoms with van der Waals surface area (Å²) in [6, 6.07) is 3.82. The van der Waals surface area contributed by atoms with Gasteiger partial charge in [-0.2, -0.15) is 0 Å². The standard InChI is InChI=1S/C13H16N4O2S/c1-8-10(13(19)17-14-8)5-6-12(18)16-15-9(2)11-4-3-7-20-11/h3-4,7,10,14-15H,1-2,5-6H2,(H,16,18)(H,17,19). The van der Waals surface area contributed by atoms with E-state index in [1.165, 1.54) is 11.3 Å². The first-order valence-electron chi connectivity index (χ1n) is 6.10. The SMILES string of the molecule is C=C(NNC(=O)CCC1C(=C)NNC1=O)c1cccs1. The minimum atomic E-state index is -0.360. The highest BCUT2D eigenvalue weighted by Crippen LogP contribution is 2.17. The van der Waals surface area contributed by atoms with Crippen molar-refractivity contribution in [3.8, 4) is 0 Å². The second-order valence-electron chi connectivity index (χ2n) is 4.36. The summed E-state index contributed by atoms with van der Waals surface area (Å²) in [5.74, 6) is -0.713. The first-order valence-corrected chi connectivity index (χ1v) is 6.98. The molecule has 4 N–H and O–H groups in total. The first kappa shape index (κ1) is 14.1. The van der Waals surface area contributed by atoms with Gasteiger partial charge in [-0.15, -0.1) is 11.3 Å². The van der Waals surface area contributed by atoms with Gasteiger partial charge >= 0.3 is 0 Å². The average Bonchev–Trinajstić information content (AvgIpc) is 3.05. The van der Waals surface area contributed by atoms with Crippen LogP contribution in [-0.4, -0.2) is 11.8 Å². The van der Waals surface area contributed by atoms with E-state index in [0.29, 0.717) is 17.8 Å². The number of rotatable bonds is 6. The second kappa shape index (κ2) is 6.25. The Morgan fingerprint density at radius 3 is 2.80 bits per heavy atom. The lowest BCUT2D eigenvalue weighted by atomic mass is 10.0. The summed E-state index contributed by atoms with van der Waals surface area (Å²) >= 11 is 1.53. The number of hydrogen-bond donors (Lipinski definition) is 4. The molecule has 1 aliphatic heterocycles. The quantitative estimate of drug-likeness (QED) is 0.587. The van der Waals surface area contributed by atoms with Gasteiger partial charge < -0.3 is 5.43 Å². The van der Waals surface area contributed by atoms with E-state index >= 15 is 0 Å². The number of hydrazine groups is 2. The first-order chi connectivity index (χ1) is 9.58. The van der Waals surface area contributed by atoms with Crippen molar-refractivity contribution in [1.29, 1.82) is 0 Å². The van der Waals surface area contributed by atoms with E-state index in [1.807, 2.05) is 17.5 Å². The van der Waals surface area contributed by atoms with Crippen LogP contribution in [0.2, 0.25) is 0 Å². The van der Waals surface area contributed by atoms with Gasteiger partial charge in [0.15, 0.2) is 0 Å². The van der Waals surface area contributed by atoms with Crippen LogP contribution in [0, 0.1) is 5.92 Å². The predicted molar refractivity (Wildman–Crippen MR) is 77.8 cm³/mol. The van der Waals surface area contributed by atoms with Crippen LogP contribution in [0.15, 0.2) is 36.4 Å². The fourth-order valence-corrected chi connectivity index (χ4v) is 2.43. The lowest BCUT2D eigenvalue weighted by Gasteiger charge is -2.11. The van der Waals surface area contributed by atoms with Crippen LogP contribution in [0.1, 0.15) is 17.7 Å². The Morgan fingerprint density at radius 1 is 1.40 bits per heavy atom. The van der Waals surface area contributed by atoms with Crippen molar-refractivity contribution in [1.82, 2.24) is 21.7 Å². The fraction of sp³-hybridized carbons (Fsp3) is 0.231. The van der Waals surface area contributed by atoms with E-state index in [-0.39, 0.29) is 24.2 Å². The molecule has 0 saturated carbocycles. The number of nitrogens with one attached hydrogen (secondary N) is 4. The molecule has 106 valence electrons. The lowest BCUT2D eigenvalue weighted by molar-refractivity contribution is -0.123. The molecule has 0 radical (unpaired) electrons. The average molecular weight is 292 g/mol. The molecule has 6 nitrogen and oxygen atoms in total. The van der Waals surface area contributed by atoms with Crippen molar-refractivity contribution in [2.45, 2.75) is 12.8 Å². The number of hydrogen-bond acceptors (Lipinski definition) is 5. The van der Waals surface area contributed by atoms with Gasteiger partial charge in [-0.25, -0.2) is 0 Å². The molecule has 0 aliphatic carbocycles. The Bertz CT molecular complexity index is 523. The van der Waals surface area contributed by atoms with E-state index in [0.717, 1.165) is 4.88 Å². The van der Waals surface area contributed by atoms with E-state index in [9.17, 15) is 9.59 Å². The summed E-state index contributed by atoms with van der Waals surface area (Å²) in [4.78, 5) is 24.1. The molecule has 0 spiro atoms. The van der Waals surface area contributed by atoms with Gasteiger partial charge in [0.2, 0.25) is 11.8 Å². The van der Waals surface area contributed by atoms with Crippen LogP contribution in [0.25, 0.3) is 5.70 Å². The van der Waals surface area contributed by atoms with Crippen LogP contribution in [0.5, 0.6) is 0 Å². The molecule has 1 fully saturated rings. The molecular formula is C13H16N4O2S. The van der Waals surface area contributed by atoms with Crippen molar-refractivity contribution in [3.05, 3.63) is 41.2 Å². The Labute approximate surface area is 120 Å². The summed E-state index contributed by atoms with van der Waals surface area (Å²) in [6.07, 6.45) is 0.639. The zero-order chi connectivity index (χ0) is 14.5. The van der Waals surface area contributed by atoms with Crippen molar-refractivity contribution < 1.29 is 9.59 Å². The van der Waals surface area contributed by atoms with Crippen molar-refractivity contribution in [2.24, 2.45) is 5.92 Å². The molecule has 0 bridgehead atoms. The van der Waals surface area contributed by atoms with Crippen molar-refractivity contribution in [3.63, 3.8) is 0 Å². The summed E-state index contributed by atoms with van der Waals surface area (Å²) in [6.45, 7) is 7.54. The lowest BCUT2D eigenvalue weighted by Crippen LogP contribution is -2.36. The maximum atomic E-state index is 11.7. The van der Waals surface area contributed by atoms with Crippen LogP contribution in [0.3, 0.4) is 0 Å². The third kappa shape index (κ3) is 3.39. The van der Waals surface area contributed by atoms with Gasteiger partial charge in [0.05, 0.1) is 16.5 Å². The van der Waals surface area contributed by atoms with Crippen LogP contribution < -0.4 is 21.7 Å². The largest absolute Gasteiger partial charge is 0.303 e. The smallest absolute Gasteiger partial charge is 0.247 e. The summed E-state index contributed by atoms with van der Waals surface area (Å²) in [7, 11) is 0. The van der Waals surface area contributed by atoms with Gasteiger partial charge in [-0.1, -0.05) is 19.2 Å². The number of amides is 2. The number of carbonyl (C=O) groups is 2. The Kier molecular flexibility index (Phi) is 4.41. The summed E-state index contributed by atoms with van der Waals surface area (Å²) in [5.41, 5.74) is 11.7. The third-order valence-corrected chi connectivity index (χ3v) is 3.84. The zero-order valence-corrected chi connectivity index (χ0v) is 11.7. The monoisotopic (exact) mass is 292 g/mol. The highest BCUT2D eigenvalue weighted by molar-refractivity contribution is 7.11. The topological polar surface area (TPSA) is 82.3 Å². The molecule has 1 aromatic rings. The fourth-order valence-electron chi connectivity index (χ4n) is 1.77. The Morgan fingerprint density at radius 2 is 2.20 bits per heavy atom. The maximum Gasteiger partial charge on any atom is 0.247 e. The molecule has 1 aromatic heterocycles. The third-order valence-electron chi connectivity index (χ3n) is 2.91. The molecule has 2 amide bonds. The highest BCUT2D eigenvalue weighted by Gasteiger charge is 2.28. The molecule has 2 rings (SSSR count). The maximum absolute atomic E-state index is 11.7. The molecule has 1 aliphatic rings. The van der Waals surface area contributed by atoms with Crippen molar-refractivity contribution in [2.75, 3.05) is 0 Å². The van der Waals surface area contributed by atoms with Crippen LogP contribution in [0.4, 0.5) is 0 Å². The van der Waals surface area contributed by atoms with Crippen molar-refractivity contribution >= 4 is 28.8 Å². The minimum absolute atomic E-state index is 0.154. The van der Waals surface area contributed by atoms with Gasteiger partial charge in [0.25, 0.3) is 0 Å². The van der Waals surface area contributed by atoms with Gasteiger partial charge in [-0.05, 0) is 17.9 Å².